The number of rotatable bonds is 3. The molecule has 0 heterocycles. The highest BCUT2D eigenvalue weighted by Crippen LogP contribution is 2.45. The summed E-state index contributed by atoms with van der Waals surface area (Å²) >= 11 is 0. The van der Waals surface area contributed by atoms with Crippen LogP contribution in [0.1, 0.15) is 51.9 Å². The van der Waals surface area contributed by atoms with Crippen molar-refractivity contribution in [2.45, 2.75) is 51.9 Å². The Morgan fingerprint density at radius 3 is 2.33 bits per heavy atom. The number of hydrogen-bond acceptors (Lipinski definition) is 0. The Morgan fingerprint density at radius 2 is 1.73 bits per heavy atom. The van der Waals surface area contributed by atoms with Crippen LogP contribution < -0.4 is 0 Å². The fraction of sp³-hybridized carbons (Fsp3) is 0.667. The molecule has 1 saturated carbocycles. The summed E-state index contributed by atoms with van der Waals surface area (Å²) in [6.07, 6.45) is 21.5. The molecule has 83 valence electrons. The standard InChI is InChI=1S/C15H23/c1-2-11-15(12-7-4-8-13-15)14-9-5-3-6-10-14/h4,7-8,12-14H,2-3,5-6,9-11H2,1H3. The van der Waals surface area contributed by atoms with Crippen molar-refractivity contribution in [1.29, 1.82) is 0 Å². The predicted molar refractivity (Wildman–Crippen MR) is 66.5 cm³/mol. The maximum atomic E-state index is 2.46. The van der Waals surface area contributed by atoms with Crippen LogP contribution in [-0.4, -0.2) is 0 Å². The fourth-order valence-electron chi connectivity index (χ4n) is 3.31. The summed E-state index contributed by atoms with van der Waals surface area (Å²) in [6.45, 7) is 2.31. The molecule has 0 unspecified atom stereocenters. The average molecular weight is 203 g/mol. The smallest absolute Gasteiger partial charge is 0.00895 e. The fourth-order valence-corrected chi connectivity index (χ4v) is 3.31. The Balaban J connectivity index is 2.12. The van der Waals surface area contributed by atoms with Crippen LogP contribution in [0, 0.1) is 17.8 Å². The molecule has 1 fully saturated rings. The first-order valence-electron chi connectivity index (χ1n) is 6.58. The van der Waals surface area contributed by atoms with Gasteiger partial charge in [0.1, 0.15) is 0 Å². The monoisotopic (exact) mass is 203 g/mol. The average Bonchev–Trinajstić information content (AvgIpc) is 2.32. The van der Waals surface area contributed by atoms with E-state index in [-0.39, 0.29) is 0 Å². The van der Waals surface area contributed by atoms with Gasteiger partial charge in [-0.1, -0.05) is 56.9 Å². The largest absolute Gasteiger partial charge is 0.0798 e. The van der Waals surface area contributed by atoms with Gasteiger partial charge in [-0.15, -0.1) is 0 Å². The minimum atomic E-state index is 0.407. The molecule has 0 aliphatic heterocycles. The highest BCUT2D eigenvalue weighted by Gasteiger charge is 2.34. The lowest BCUT2D eigenvalue weighted by Crippen LogP contribution is -2.29. The van der Waals surface area contributed by atoms with E-state index in [1.807, 2.05) is 0 Å². The molecule has 0 atom stereocenters. The minimum absolute atomic E-state index is 0.407. The molecule has 0 aromatic rings. The second-order valence-corrected chi connectivity index (χ2v) is 5.11. The van der Waals surface area contributed by atoms with Gasteiger partial charge in [-0.05, 0) is 25.2 Å². The van der Waals surface area contributed by atoms with E-state index in [0.717, 1.165) is 5.92 Å². The normalized spacial score (nSPS) is 25.7. The molecule has 0 spiro atoms. The zero-order chi connectivity index (χ0) is 10.6. The first-order valence-corrected chi connectivity index (χ1v) is 6.58. The van der Waals surface area contributed by atoms with Crippen molar-refractivity contribution >= 4 is 0 Å². The highest BCUT2D eigenvalue weighted by atomic mass is 14.4. The van der Waals surface area contributed by atoms with Crippen molar-refractivity contribution < 1.29 is 0 Å². The lowest BCUT2D eigenvalue weighted by atomic mass is 9.65. The van der Waals surface area contributed by atoms with E-state index in [1.54, 1.807) is 0 Å². The summed E-state index contributed by atoms with van der Waals surface area (Å²) in [5.74, 6) is 0.910. The molecule has 0 bridgehead atoms. The van der Waals surface area contributed by atoms with E-state index in [4.69, 9.17) is 0 Å². The van der Waals surface area contributed by atoms with Crippen LogP contribution in [0.2, 0.25) is 0 Å². The molecule has 0 aromatic heterocycles. The van der Waals surface area contributed by atoms with Crippen molar-refractivity contribution in [1.82, 2.24) is 0 Å². The molecule has 15 heavy (non-hydrogen) atoms. The van der Waals surface area contributed by atoms with Gasteiger partial charge in [0.05, 0.1) is 0 Å². The Kier molecular flexibility index (Phi) is 3.66. The maximum absolute atomic E-state index is 2.46. The third-order valence-corrected chi connectivity index (χ3v) is 4.08. The van der Waals surface area contributed by atoms with Crippen LogP contribution in [-0.2, 0) is 0 Å². The number of hydrogen-bond donors (Lipinski definition) is 0. The molecule has 0 saturated heterocycles. The van der Waals surface area contributed by atoms with Gasteiger partial charge < -0.3 is 0 Å². The summed E-state index contributed by atoms with van der Waals surface area (Å²) < 4.78 is 0. The molecule has 2 rings (SSSR count). The van der Waals surface area contributed by atoms with Gasteiger partial charge in [0.2, 0.25) is 0 Å². The van der Waals surface area contributed by atoms with Crippen molar-refractivity contribution in [3.63, 3.8) is 0 Å². The summed E-state index contributed by atoms with van der Waals surface area (Å²) in [5, 5.41) is 0. The maximum Gasteiger partial charge on any atom is 0.00895 e. The Labute approximate surface area is 94.5 Å². The summed E-state index contributed by atoms with van der Waals surface area (Å²) in [7, 11) is 0. The predicted octanol–water partition coefficient (Wildman–Crippen LogP) is 4.68. The van der Waals surface area contributed by atoms with E-state index in [9.17, 15) is 0 Å². The van der Waals surface area contributed by atoms with Crippen LogP contribution >= 0.6 is 0 Å². The van der Waals surface area contributed by atoms with Gasteiger partial charge in [-0.2, -0.15) is 0 Å². The van der Waals surface area contributed by atoms with E-state index >= 15 is 0 Å². The molecule has 0 aromatic carbocycles. The van der Waals surface area contributed by atoms with Gasteiger partial charge in [-0.3, -0.25) is 0 Å². The second kappa shape index (κ2) is 5.01. The molecule has 0 nitrogen and oxygen atoms in total. The van der Waals surface area contributed by atoms with Crippen molar-refractivity contribution in [2.24, 2.45) is 11.3 Å². The molecule has 2 aliphatic carbocycles. The lowest BCUT2D eigenvalue weighted by Gasteiger charge is -2.40. The third kappa shape index (κ3) is 2.35. The first-order chi connectivity index (χ1) is 7.37. The summed E-state index contributed by atoms with van der Waals surface area (Å²) in [5.41, 5.74) is 0.407. The van der Waals surface area contributed by atoms with E-state index in [2.05, 4.69) is 37.6 Å². The molecule has 0 N–H and O–H groups in total. The van der Waals surface area contributed by atoms with Gasteiger partial charge in [0.25, 0.3) is 0 Å². The van der Waals surface area contributed by atoms with E-state index in [0.29, 0.717) is 5.41 Å². The third-order valence-electron chi connectivity index (χ3n) is 4.08. The highest BCUT2D eigenvalue weighted by molar-refractivity contribution is 5.26. The SMILES string of the molecule is CCCC1(C2CCCCC2)C=C[CH]C=C1. The van der Waals surface area contributed by atoms with Crippen LogP contribution in [0.15, 0.2) is 24.3 Å². The van der Waals surface area contributed by atoms with Crippen molar-refractivity contribution in [3.05, 3.63) is 30.7 Å². The topological polar surface area (TPSA) is 0 Å². The number of allylic oxidation sites excluding steroid dienone is 4. The van der Waals surface area contributed by atoms with Crippen molar-refractivity contribution in [3.8, 4) is 0 Å². The molecule has 0 heteroatoms. The molecule has 0 amide bonds. The van der Waals surface area contributed by atoms with E-state index < -0.39 is 0 Å². The Bertz CT molecular complexity index is 229. The quantitative estimate of drug-likeness (QED) is 0.624. The molecule has 1 radical (unpaired) electrons. The second-order valence-electron chi connectivity index (χ2n) is 5.11. The molecule has 2 aliphatic rings. The van der Waals surface area contributed by atoms with Crippen molar-refractivity contribution in [2.75, 3.05) is 0 Å². The minimum Gasteiger partial charge on any atom is -0.0798 e. The van der Waals surface area contributed by atoms with E-state index in [1.165, 1.54) is 44.9 Å². The first kappa shape index (κ1) is 11.0. The van der Waals surface area contributed by atoms with Crippen LogP contribution in [0.25, 0.3) is 0 Å². The van der Waals surface area contributed by atoms with Crippen LogP contribution in [0.3, 0.4) is 0 Å². The van der Waals surface area contributed by atoms with Gasteiger partial charge in [-0.25, -0.2) is 0 Å². The van der Waals surface area contributed by atoms with Gasteiger partial charge in [0.15, 0.2) is 0 Å². The van der Waals surface area contributed by atoms with Crippen LogP contribution in [0.5, 0.6) is 0 Å². The van der Waals surface area contributed by atoms with Crippen LogP contribution in [0.4, 0.5) is 0 Å². The Hall–Kier alpha value is -0.520. The Morgan fingerprint density at radius 1 is 1.07 bits per heavy atom. The van der Waals surface area contributed by atoms with Gasteiger partial charge in [0, 0.05) is 11.8 Å². The summed E-state index contributed by atoms with van der Waals surface area (Å²) in [6, 6.07) is 0. The molecular weight excluding hydrogens is 180 g/mol. The van der Waals surface area contributed by atoms with Gasteiger partial charge >= 0.3 is 0 Å². The lowest BCUT2D eigenvalue weighted by molar-refractivity contribution is 0.205. The molecular formula is C15H23. The summed E-state index contributed by atoms with van der Waals surface area (Å²) in [4.78, 5) is 0. The zero-order valence-electron chi connectivity index (χ0n) is 9.91. The zero-order valence-corrected chi connectivity index (χ0v) is 9.91.